The predicted molar refractivity (Wildman–Crippen MR) is 122 cm³/mol. The van der Waals surface area contributed by atoms with Gasteiger partial charge in [-0.1, -0.05) is 60.4 Å². The molecule has 0 spiro atoms. The molecule has 31 heavy (non-hydrogen) atoms. The molecule has 158 valence electrons. The number of halogens is 1. The fourth-order valence-corrected chi connectivity index (χ4v) is 3.98. The first-order chi connectivity index (χ1) is 14.8. The molecule has 2 aromatic carbocycles. The molecule has 2 aromatic rings. The highest BCUT2D eigenvalue weighted by Crippen LogP contribution is 2.31. The Morgan fingerprint density at radius 3 is 2.45 bits per heavy atom. The maximum Gasteiger partial charge on any atom is 0.269 e. The number of hydrogen-bond acceptors (Lipinski definition) is 5. The van der Waals surface area contributed by atoms with E-state index < -0.39 is 17.6 Å². The van der Waals surface area contributed by atoms with Crippen LogP contribution in [-0.2, 0) is 9.59 Å². The van der Waals surface area contributed by atoms with Gasteiger partial charge < -0.3 is 0 Å². The van der Waals surface area contributed by atoms with Crippen molar-refractivity contribution < 1.29 is 18.8 Å². The van der Waals surface area contributed by atoms with Crippen LogP contribution in [0.5, 0.6) is 0 Å². The molecule has 1 heterocycles. The molecule has 0 radical (unpaired) electrons. The van der Waals surface area contributed by atoms with Gasteiger partial charge >= 0.3 is 0 Å². The van der Waals surface area contributed by atoms with Crippen molar-refractivity contribution in [2.24, 2.45) is 0 Å². The van der Waals surface area contributed by atoms with E-state index in [4.69, 9.17) is 12.2 Å². The fourth-order valence-electron chi connectivity index (χ4n) is 2.68. The second kappa shape index (κ2) is 10.1. The van der Waals surface area contributed by atoms with Gasteiger partial charge in [-0.25, -0.2) is 4.39 Å². The average Bonchev–Trinajstić information content (AvgIpc) is 3.00. The molecular weight excluding hydrogens is 437 g/mol. The number of carbonyl (C=O) groups is 3. The van der Waals surface area contributed by atoms with E-state index in [1.165, 1.54) is 17.0 Å². The Labute approximate surface area is 188 Å². The maximum absolute atomic E-state index is 12.9. The molecule has 0 aromatic heterocycles. The van der Waals surface area contributed by atoms with Crippen molar-refractivity contribution in [2.75, 3.05) is 6.54 Å². The minimum absolute atomic E-state index is 0.177. The van der Waals surface area contributed by atoms with Crippen molar-refractivity contribution >= 4 is 52.1 Å². The summed E-state index contributed by atoms with van der Waals surface area (Å²) in [6.45, 7) is 1.53. The van der Waals surface area contributed by atoms with Crippen LogP contribution in [0.4, 0.5) is 4.39 Å². The number of hydrogen-bond donors (Lipinski definition) is 2. The summed E-state index contributed by atoms with van der Waals surface area (Å²) in [5.41, 5.74) is 6.49. The smallest absolute Gasteiger partial charge is 0.269 e. The summed E-state index contributed by atoms with van der Waals surface area (Å²) in [6.07, 6.45) is 3.66. The van der Waals surface area contributed by atoms with E-state index in [-0.39, 0.29) is 22.3 Å². The summed E-state index contributed by atoms with van der Waals surface area (Å²) in [4.78, 5) is 38.4. The second-order valence-electron chi connectivity index (χ2n) is 6.58. The molecule has 0 bridgehead atoms. The minimum Gasteiger partial charge on any atom is -0.283 e. The van der Waals surface area contributed by atoms with Gasteiger partial charge in [-0.2, -0.15) is 0 Å². The molecule has 1 aliphatic heterocycles. The number of carbonyl (C=O) groups excluding carboxylic acids is 3. The summed E-state index contributed by atoms with van der Waals surface area (Å²) in [5.74, 6) is -2.09. The minimum atomic E-state index is -0.621. The Balaban J connectivity index is 1.58. The molecule has 3 amide bonds. The Morgan fingerprint density at radius 1 is 1.10 bits per heavy atom. The number of nitrogens with one attached hydrogen (secondary N) is 2. The largest absolute Gasteiger partial charge is 0.283 e. The predicted octanol–water partition coefficient (Wildman–Crippen LogP) is 3.43. The standard InChI is InChI=1S/C22H18FN3O3S2/c1-14(11-15-5-3-2-4-6-15)12-18-21(29)26(22(30)31-18)13-19(27)24-25-20(28)16-7-9-17(23)10-8-16/h2-12H,13H2,1H3,(H,24,27)(H,25,28). The van der Waals surface area contributed by atoms with Crippen molar-refractivity contribution in [1.29, 1.82) is 0 Å². The molecule has 0 saturated carbocycles. The van der Waals surface area contributed by atoms with Crippen LogP contribution in [0.25, 0.3) is 6.08 Å². The van der Waals surface area contributed by atoms with E-state index in [0.717, 1.165) is 35.0 Å². The number of thiocarbonyl (C=S) groups is 1. The number of allylic oxidation sites excluding steroid dienone is 2. The Bertz CT molecular complexity index is 1080. The summed E-state index contributed by atoms with van der Waals surface area (Å²) < 4.78 is 13.2. The van der Waals surface area contributed by atoms with E-state index in [2.05, 4.69) is 10.9 Å². The third-order valence-corrected chi connectivity index (χ3v) is 5.53. The van der Waals surface area contributed by atoms with Gasteiger partial charge in [-0.05, 0) is 48.4 Å². The van der Waals surface area contributed by atoms with Gasteiger partial charge in [0.25, 0.3) is 17.7 Å². The summed E-state index contributed by atoms with van der Waals surface area (Å²) in [6, 6.07) is 14.5. The first-order valence-electron chi connectivity index (χ1n) is 9.17. The van der Waals surface area contributed by atoms with Crippen LogP contribution in [0.2, 0.25) is 0 Å². The zero-order valence-electron chi connectivity index (χ0n) is 16.4. The molecule has 9 heteroatoms. The van der Waals surface area contributed by atoms with Crippen molar-refractivity contribution in [2.45, 2.75) is 6.92 Å². The van der Waals surface area contributed by atoms with Crippen LogP contribution < -0.4 is 10.9 Å². The third kappa shape index (κ3) is 6.09. The molecule has 3 rings (SSSR count). The Hall–Kier alpha value is -3.30. The lowest BCUT2D eigenvalue weighted by molar-refractivity contribution is -0.129. The fraction of sp³-hybridized carbons (Fsp3) is 0.0909. The monoisotopic (exact) mass is 455 g/mol. The van der Waals surface area contributed by atoms with Crippen LogP contribution >= 0.6 is 24.0 Å². The van der Waals surface area contributed by atoms with E-state index in [1.807, 2.05) is 43.3 Å². The third-order valence-electron chi connectivity index (χ3n) is 4.15. The van der Waals surface area contributed by atoms with Crippen LogP contribution in [0.15, 0.2) is 71.2 Å². The maximum atomic E-state index is 12.9. The van der Waals surface area contributed by atoms with Gasteiger partial charge in [0.1, 0.15) is 16.7 Å². The van der Waals surface area contributed by atoms with Crippen molar-refractivity contribution in [3.05, 3.63) is 88.1 Å². The number of hydrazine groups is 1. The number of amides is 3. The number of rotatable bonds is 5. The van der Waals surface area contributed by atoms with Crippen molar-refractivity contribution in [1.82, 2.24) is 15.8 Å². The molecule has 0 aliphatic carbocycles. The normalized spacial score (nSPS) is 15.4. The van der Waals surface area contributed by atoms with Gasteiger partial charge in [-0.3, -0.25) is 30.1 Å². The molecule has 6 nitrogen and oxygen atoms in total. The Kier molecular flexibility index (Phi) is 7.32. The first-order valence-corrected chi connectivity index (χ1v) is 10.4. The van der Waals surface area contributed by atoms with Gasteiger partial charge in [0, 0.05) is 5.56 Å². The van der Waals surface area contributed by atoms with Crippen LogP contribution in [0.3, 0.4) is 0 Å². The topological polar surface area (TPSA) is 78.5 Å². The molecular formula is C22H18FN3O3S2. The van der Waals surface area contributed by atoms with Gasteiger partial charge in [0.2, 0.25) is 0 Å². The van der Waals surface area contributed by atoms with E-state index in [1.54, 1.807) is 6.08 Å². The highest BCUT2D eigenvalue weighted by Gasteiger charge is 2.33. The first kappa shape index (κ1) is 22.4. The summed E-state index contributed by atoms with van der Waals surface area (Å²) >= 11 is 6.34. The summed E-state index contributed by atoms with van der Waals surface area (Å²) in [7, 11) is 0. The Morgan fingerprint density at radius 2 is 1.77 bits per heavy atom. The van der Waals surface area contributed by atoms with Gasteiger partial charge in [0.05, 0.1) is 4.91 Å². The number of thioether (sulfide) groups is 1. The summed E-state index contributed by atoms with van der Waals surface area (Å²) in [5, 5.41) is 0. The van der Waals surface area contributed by atoms with Gasteiger partial charge in [0.15, 0.2) is 0 Å². The molecule has 2 N–H and O–H groups in total. The lowest BCUT2D eigenvalue weighted by Gasteiger charge is -2.14. The highest BCUT2D eigenvalue weighted by molar-refractivity contribution is 8.26. The molecule has 1 saturated heterocycles. The van der Waals surface area contributed by atoms with Crippen LogP contribution in [0, 0.1) is 5.82 Å². The van der Waals surface area contributed by atoms with Crippen molar-refractivity contribution in [3.63, 3.8) is 0 Å². The van der Waals surface area contributed by atoms with E-state index >= 15 is 0 Å². The quantitative estimate of drug-likeness (QED) is 0.410. The molecule has 1 fully saturated rings. The van der Waals surface area contributed by atoms with Crippen LogP contribution in [0.1, 0.15) is 22.8 Å². The van der Waals surface area contributed by atoms with Gasteiger partial charge in [-0.15, -0.1) is 0 Å². The van der Waals surface area contributed by atoms with E-state index in [0.29, 0.717) is 4.91 Å². The second-order valence-corrected chi connectivity index (χ2v) is 8.25. The lowest BCUT2D eigenvalue weighted by Crippen LogP contribution is -2.47. The molecule has 0 unspecified atom stereocenters. The zero-order valence-corrected chi connectivity index (χ0v) is 18.1. The highest BCUT2D eigenvalue weighted by atomic mass is 32.2. The molecule has 0 atom stereocenters. The average molecular weight is 456 g/mol. The SMILES string of the molecule is CC(=Cc1ccccc1)C=C1SC(=S)N(CC(=O)NNC(=O)c2ccc(F)cc2)C1=O. The number of nitrogens with zero attached hydrogens (tertiary/aromatic N) is 1. The lowest BCUT2D eigenvalue weighted by atomic mass is 10.1. The van der Waals surface area contributed by atoms with Crippen LogP contribution in [-0.4, -0.2) is 33.5 Å². The van der Waals surface area contributed by atoms with Crippen molar-refractivity contribution in [3.8, 4) is 0 Å². The number of benzene rings is 2. The zero-order chi connectivity index (χ0) is 22.4. The van der Waals surface area contributed by atoms with E-state index in [9.17, 15) is 18.8 Å². The molecule has 1 aliphatic rings.